The molecule has 1 heterocycles. The summed E-state index contributed by atoms with van der Waals surface area (Å²) in [6, 6.07) is 0.635. The van der Waals surface area contributed by atoms with Gasteiger partial charge in [0.1, 0.15) is 0 Å². The Balaban J connectivity index is 1.87. The highest BCUT2D eigenvalue weighted by molar-refractivity contribution is 4.89. The smallest absolute Gasteiger partial charge is 0.0622 e. The number of hydrogen-bond donors (Lipinski definition) is 1. The predicted octanol–water partition coefficient (Wildman–Crippen LogP) is 1.80. The van der Waals surface area contributed by atoms with Crippen LogP contribution in [0, 0.1) is 11.3 Å². The summed E-state index contributed by atoms with van der Waals surface area (Å²) in [4.78, 5) is 0. The van der Waals surface area contributed by atoms with Gasteiger partial charge in [0.25, 0.3) is 0 Å². The Hall–Kier alpha value is -0.0800. The molecular formula is C11H21NO. The standard InChI is InChI=1S/C11H21NO/c1-11(2)4-3-9(7-11)10-8-13-6-5-12-10/h9-10,12H,3-8H2,1-2H3. The van der Waals surface area contributed by atoms with E-state index in [0.717, 1.165) is 25.7 Å². The van der Waals surface area contributed by atoms with Crippen LogP contribution in [0.3, 0.4) is 0 Å². The fourth-order valence-electron chi connectivity index (χ4n) is 2.72. The van der Waals surface area contributed by atoms with Crippen molar-refractivity contribution < 1.29 is 4.74 Å². The Morgan fingerprint density at radius 1 is 1.38 bits per heavy atom. The third kappa shape index (κ3) is 2.23. The summed E-state index contributed by atoms with van der Waals surface area (Å²) >= 11 is 0. The molecule has 1 aliphatic heterocycles. The first-order valence-corrected chi connectivity index (χ1v) is 5.48. The molecule has 0 aromatic carbocycles. The molecule has 2 aliphatic rings. The van der Waals surface area contributed by atoms with Crippen molar-refractivity contribution in [2.45, 2.75) is 39.2 Å². The highest BCUT2D eigenvalue weighted by Crippen LogP contribution is 2.42. The van der Waals surface area contributed by atoms with Crippen LogP contribution in [-0.4, -0.2) is 25.8 Å². The third-order valence-corrected chi connectivity index (χ3v) is 3.53. The van der Waals surface area contributed by atoms with Crippen LogP contribution >= 0.6 is 0 Å². The molecule has 0 aromatic rings. The molecule has 0 amide bonds. The van der Waals surface area contributed by atoms with E-state index in [9.17, 15) is 0 Å². The lowest BCUT2D eigenvalue weighted by Gasteiger charge is -2.29. The summed E-state index contributed by atoms with van der Waals surface area (Å²) < 4.78 is 5.50. The molecule has 0 aromatic heterocycles. The van der Waals surface area contributed by atoms with Crippen molar-refractivity contribution in [3.05, 3.63) is 0 Å². The van der Waals surface area contributed by atoms with Gasteiger partial charge in [-0.3, -0.25) is 0 Å². The maximum Gasteiger partial charge on any atom is 0.0622 e. The molecule has 2 atom stereocenters. The topological polar surface area (TPSA) is 21.3 Å². The molecule has 2 rings (SSSR count). The number of rotatable bonds is 1. The molecule has 0 bridgehead atoms. The van der Waals surface area contributed by atoms with E-state index >= 15 is 0 Å². The quantitative estimate of drug-likeness (QED) is 0.669. The Morgan fingerprint density at radius 3 is 2.77 bits per heavy atom. The third-order valence-electron chi connectivity index (χ3n) is 3.53. The van der Waals surface area contributed by atoms with Gasteiger partial charge in [-0.25, -0.2) is 0 Å². The maximum absolute atomic E-state index is 5.50. The van der Waals surface area contributed by atoms with Crippen molar-refractivity contribution in [3.8, 4) is 0 Å². The molecule has 1 N–H and O–H groups in total. The van der Waals surface area contributed by atoms with E-state index in [-0.39, 0.29) is 0 Å². The van der Waals surface area contributed by atoms with E-state index in [1.54, 1.807) is 0 Å². The first kappa shape index (κ1) is 9.47. The summed E-state index contributed by atoms with van der Waals surface area (Å²) in [6.07, 6.45) is 4.14. The Bertz CT molecular complexity index is 173. The van der Waals surface area contributed by atoms with Gasteiger partial charge in [0.2, 0.25) is 0 Å². The minimum atomic E-state index is 0.573. The lowest BCUT2D eigenvalue weighted by molar-refractivity contribution is 0.0558. The van der Waals surface area contributed by atoms with Gasteiger partial charge in [-0.1, -0.05) is 13.8 Å². The highest BCUT2D eigenvalue weighted by Gasteiger charge is 2.35. The zero-order valence-electron chi connectivity index (χ0n) is 8.81. The molecule has 0 radical (unpaired) electrons. The van der Waals surface area contributed by atoms with E-state index in [1.165, 1.54) is 19.3 Å². The largest absolute Gasteiger partial charge is 0.379 e. The molecule has 13 heavy (non-hydrogen) atoms. The van der Waals surface area contributed by atoms with Gasteiger partial charge in [0, 0.05) is 12.6 Å². The molecular weight excluding hydrogens is 162 g/mol. The van der Waals surface area contributed by atoms with Crippen LogP contribution in [0.1, 0.15) is 33.1 Å². The fraction of sp³-hybridized carbons (Fsp3) is 1.00. The molecule has 2 unspecified atom stereocenters. The average molecular weight is 183 g/mol. The van der Waals surface area contributed by atoms with Crippen molar-refractivity contribution in [2.24, 2.45) is 11.3 Å². The van der Waals surface area contributed by atoms with Crippen molar-refractivity contribution in [2.75, 3.05) is 19.8 Å². The van der Waals surface area contributed by atoms with Crippen molar-refractivity contribution in [3.63, 3.8) is 0 Å². The molecule has 1 saturated carbocycles. The van der Waals surface area contributed by atoms with Crippen LogP contribution in [-0.2, 0) is 4.74 Å². The molecule has 2 nitrogen and oxygen atoms in total. The molecule has 76 valence electrons. The summed E-state index contributed by atoms with van der Waals surface area (Å²) in [6.45, 7) is 7.64. The number of ether oxygens (including phenoxy) is 1. The van der Waals surface area contributed by atoms with Gasteiger partial charge in [-0.05, 0) is 30.6 Å². The predicted molar refractivity (Wildman–Crippen MR) is 53.7 cm³/mol. The van der Waals surface area contributed by atoms with Crippen molar-refractivity contribution in [1.82, 2.24) is 5.32 Å². The minimum absolute atomic E-state index is 0.573. The maximum atomic E-state index is 5.50. The van der Waals surface area contributed by atoms with Gasteiger partial charge in [-0.2, -0.15) is 0 Å². The van der Waals surface area contributed by atoms with Gasteiger partial charge in [0.05, 0.1) is 13.2 Å². The average Bonchev–Trinajstić information content (AvgIpc) is 2.48. The minimum Gasteiger partial charge on any atom is -0.379 e. The lowest BCUT2D eigenvalue weighted by Crippen LogP contribution is -2.45. The van der Waals surface area contributed by atoms with Gasteiger partial charge in [-0.15, -0.1) is 0 Å². The normalized spacial score (nSPS) is 39.2. The monoisotopic (exact) mass is 183 g/mol. The van der Waals surface area contributed by atoms with E-state index in [0.29, 0.717) is 11.5 Å². The van der Waals surface area contributed by atoms with Crippen LogP contribution in [0.15, 0.2) is 0 Å². The van der Waals surface area contributed by atoms with Crippen molar-refractivity contribution in [1.29, 1.82) is 0 Å². The van der Waals surface area contributed by atoms with Gasteiger partial charge in [0.15, 0.2) is 0 Å². The summed E-state index contributed by atoms with van der Waals surface area (Å²) in [5.74, 6) is 0.857. The molecule has 1 aliphatic carbocycles. The van der Waals surface area contributed by atoms with Crippen LogP contribution in [0.25, 0.3) is 0 Å². The van der Waals surface area contributed by atoms with Crippen molar-refractivity contribution >= 4 is 0 Å². The van der Waals surface area contributed by atoms with E-state index < -0.39 is 0 Å². The first-order chi connectivity index (χ1) is 6.17. The number of nitrogens with one attached hydrogen (secondary N) is 1. The Kier molecular flexibility index (Phi) is 2.61. The number of morpholine rings is 1. The summed E-state index contributed by atoms with van der Waals surface area (Å²) in [5.41, 5.74) is 0.573. The second kappa shape index (κ2) is 3.58. The Morgan fingerprint density at radius 2 is 2.23 bits per heavy atom. The molecule has 2 heteroatoms. The summed E-state index contributed by atoms with van der Waals surface area (Å²) in [5, 5.41) is 3.57. The van der Waals surface area contributed by atoms with E-state index in [1.807, 2.05) is 0 Å². The lowest BCUT2D eigenvalue weighted by atomic mass is 9.88. The molecule has 0 spiro atoms. The molecule has 2 fully saturated rings. The Labute approximate surface area is 81.0 Å². The van der Waals surface area contributed by atoms with Crippen LogP contribution < -0.4 is 5.32 Å². The van der Waals surface area contributed by atoms with Crippen LogP contribution in [0.5, 0.6) is 0 Å². The van der Waals surface area contributed by atoms with Crippen LogP contribution in [0.4, 0.5) is 0 Å². The second-order valence-electron chi connectivity index (χ2n) is 5.30. The zero-order valence-corrected chi connectivity index (χ0v) is 8.81. The van der Waals surface area contributed by atoms with E-state index in [2.05, 4.69) is 19.2 Å². The molecule has 1 saturated heterocycles. The van der Waals surface area contributed by atoms with Gasteiger partial charge < -0.3 is 10.1 Å². The highest BCUT2D eigenvalue weighted by atomic mass is 16.5. The summed E-state index contributed by atoms with van der Waals surface area (Å²) in [7, 11) is 0. The van der Waals surface area contributed by atoms with E-state index in [4.69, 9.17) is 4.74 Å². The van der Waals surface area contributed by atoms with Crippen LogP contribution in [0.2, 0.25) is 0 Å². The fourth-order valence-corrected chi connectivity index (χ4v) is 2.72. The zero-order chi connectivity index (χ0) is 9.31. The first-order valence-electron chi connectivity index (χ1n) is 5.48. The van der Waals surface area contributed by atoms with Gasteiger partial charge >= 0.3 is 0 Å². The SMILES string of the molecule is CC1(C)CCC(C2COCCN2)C1. The second-order valence-corrected chi connectivity index (χ2v) is 5.30. The number of hydrogen-bond acceptors (Lipinski definition) is 2.